The number of aromatic nitrogens is 3. The van der Waals surface area contributed by atoms with E-state index >= 15 is 4.39 Å². The van der Waals surface area contributed by atoms with Crippen molar-refractivity contribution in [2.75, 3.05) is 32.0 Å². The van der Waals surface area contributed by atoms with E-state index in [0.29, 0.717) is 46.7 Å². The topological polar surface area (TPSA) is 83.0 Å². The molecule has 2 N–H and O–H groups in total. The molecule has 208 valence electrons. The maximum atomic E-state index is 15.5. The van der Waals surface area contributed by atoms with Crippen LogP contribution >= 0.6 is 23.1 Å². The van der Waals surface area contributed by atoms with Crippen molar-refractivity contribution in [3.8, 4) is 0 Å². The third-order valence-corrected chi connectivity index (χ3v) is 9.00. The number of thiazole rings is 1. The number of benzene rings is 1. The Morgan fingerprint density at radius 3 is 2.60 bits per heavy atom. The number of piperidine rings is 1. The van der Waals surface area contributed by atoms with Crippen molar-refractivity contribution >= 4 is 40.0 Å². The summed E-state index contributed by atoms with van der Waals surface area (Å²) >= 11 is 2.46. The van der Waals surface area contributed by atoms with Crippen molar-refractivity contribution in [2.45, 2.75) is 34.3 Å². The lowest BCUT2D eigenvalue weighted by molar-refractivity contribution is 0.0916. The molecule has 7 nitrogen and oxygen atoms in total. The van der Waals surface area contributed by atoms with Crippen LogP contribution in [0.4, 0.5) is 24.1 Å². The molecular weight excluding hydrogens is 557 g/mol. The molecule has 0 aliphatic carbocycles. The van der Waals surface area contributed by atoms with Gasteiger partial charge in [0.2, 0.25) is 0 Å². The first-order chi connectivity index (χ1) is 19.2. The number of rotatable bonds is 8. The Kier molecular flexibility index (Phi) is 8.38. The molecular formula is C28H27F3N6OS2. The number of aryl methyl sites for hydroxylation is 1. The van der Waals surface area contributed by atoms with Crippen LogP contribution in [0.15, 0.2) is 64.1 Å². The van der Waals surface area contributed by atoms with E-state index in [1.54, 1.807) is 12.4 Å². The highest BCUT2D eigenvalue weighted by atomic mass is 32.2. The Hall–Kier alpha value is -3.48. The first-order valence-corrected chi connectivity index (χ1v) is 14.3. The van der Waals surface area contributed by atoms with E-state index in [2.05, 4.69) is 30.5 Å². The highest BCUT2D eigenvalue weighted by Crippen LogP contribution is 2.38. The number of likely N-dealkylation sites (tertiary alicyclic amines) is 1. The highest BCUT2D eigenvalue weighted by Gasteiger charge is 2.38. The zero-order valence-electron chi connectivity index (χ0n) is 21.9. The van der Waals surface area contributed by atoms with Gasteiger partial charge in [-0.1, -0.05) is 29.2 Å². The molecule has 1 aliphatic rings. The molecule has 1 amide bonds. The second-order valence-corrected chi connectivity index (χ2v) is 12.2. The standard InChI is InChI=1S/C28H27F3N6OS2/c1-17-5-9-32-22(13-17)36-27-34-15-23(40-27)39-21-6-10-33-25(24(21)31)26(38)35-16-28(7-11-37(2)12-8-28)19-4-3-18(29)14-20(19)30/h3-6,9-10,13-15H,7-8,11-12,16H2,1-2H3,(H,35,38)(H,32,34,36). The molecule has 0 atom stereocenters. The maximum Gasteiger partial charge on any atom is 0.273 e. The van der Waals surface area contributed by atoms with E-state index in [0.717, 1.165) is 23.4 Å². The first kappa shape index (κ1) is 28.1. The van der Waals surface area contributed by atoms with Gasteiger partial charge in [0, 0.05) is 30.4 Å². The van der Waals surface area contributed by atoms with Gasteiger partial charge in [0.05, 0.1) is 15.3 Å². The van der Waals surface area contributed by atoms with Crippen molar-refractivity contribution < 1.29 is 18.0 Å². The van der Waals surface area contributed by atoms with Crippen LogP contribution in [-0.4, -0.2) is 52.4 Å². The van der Waals surface area contributed by atoms with E-state index in [1.165, 1.54) is 35.7 Å². The Labute approximate surface area is 238 Å². The van der Waals surface area contributed by atoms with Gasteiger partial charge in [-0.2, -0.15) is 0 Å². The second kappa shape index (κ2) is 11.9. The third-order valence-electron chi connectivity index (χ3n) is 6.95. The molecule has 1 aliphatic heterocycles. The predicted octanol–water partition coefficient (Wildman–Crippen LogP) is 5.95. The van der Waals surface area contributed by atoms with Gasteiger partial charge in [-0.25, -0.2) is 28.1 Å². The van der Waals surface area contributed by atoms with Crippen LogP contribution in [0.1, 0.15) is 34.5 Å². The summed E-state index contributed by atoms with van der Waals surface area (Å²) in [5, 5.41) is 6.51. The molecule has 0 unspecified atom stereocenters. The summed E-state index contributed by atoms with van der Waals surface area (Å²) in [6, 6.07) is 8.80. The number of carbonyl (C=O) groups excluding carboxylic acids is 1. The number of nitrogens with one attached hydrogen (secondary N) is 2. The normalized spacial score (nSPS) is 15.1. The monoisotopic (exact) mass is 584 g/mol. The van der Waals surface area contributed by atoms with E-state index in [1.807, 2.05) is 26.1 Å². The minimum Gasteiger partial charge on any atom is -0.350 e. The summed E-state index contributed by atoms with van der Waals surface area (Å²) in [5.41, 5.74) is 0.300. The molecule has 4 heterocycles. The van der Waals surface area contributed by atoms with E-state index < -0.39 is 28.8 Å². The molecule has 5 rings (SSSR count). The van der Waals surface area contributed by atoms with Gasteiger partial charge >= 0.3 is 0 Å². The zero-order valence-corrected chi connectivity index (χ0v) is 23.5. The lowest BCUT2D eigenvalue weighted by atomic mass is 9.72. The van der Waals surface area contributed by atoms with Gasteiger partial charge in [-0.15, -0.1) is 0 Å². The molecule has 1 saturated heterocycles. The molecule has 0 radical (unpaired) electrons. The number of hydrogen-bond donors (Lipinski definition) is 2. The van der Waals surface area contributed by atoms with Crippen molar-refractivity contribution in [1.82, 2.24) is 25.2 Å². The third kappa shape index (κ3) is 6.29. The number of nitrogens with zero attached hydrogens (tertiary/aromatic N) is 4. The van der Waals surface area contributed by atoms with Gasteiger partial charge in [-0.05, 0) is 75.3 Å². The zero-order chi connectivity index (χ0) is 28.3. The number of pyridine rings is 2. The molecule has 40 heavy (non-hydrogen) atoms. The van der Waals surface area contributed by atoms with Gasteiger partial charge in [0.25, 0.3) is 5.91 Å². The van der Waals surface area contributed by atoms with Gasteiger partial charge in [-0.3, -0.25) is 4.79 Å². The average Bonchev–Trinajstić information content (AvgIpc) is 3.36. The predicted molar refractivity (Wildman–Crippen MR) is 150 cm³/mol. The SMILES string of the molecule is Cc1ccnc(Nc2ncc(Sc3ccnc(C(=O)NCC4(c5ccc(F)cc5F)CCN(C)CC4)c3F)s2)c1. The first-order valence-electron chi connectivity index (χ1n) is 12.6. The molecule has 0 spiro atoms. The van der Waals surface area contributed by atoms with E-state index in [9.17, 15) is 13.6 Å². The van der Waals surface area contributed by atoms with Gasteiger partial charge in [0.1, 0.15) is 17.5 Å². The summed E-state index contributed by atoms with van der Waals surface area (Å²) in [5.74, 6) is -2.11. The van der Waals surface area contributed by atoms with Crippen molar-refractivity contribution in [3.05, 3.63) is 89.3 Å². The number of hydrogen-bond acceptors (Lipinski definition) is 8. The Morgan fingerprint density at radius 2 is 1.85 bits per heavy atom. The quantitative estimate of drug-likeness (QED) is 0.265. The summed E-state index contributed by atoms with van der Waals surface area (Å²) in [6.45, 7) is 3.39. The smallest absolute Gasteiger partial charge is 0.273 e. The molecule has 1 fully saturated rings. The van der Waals surface area contributed by atoms with Crippen LogP contribution in [-0.2, 0) is 5.41 Å². The average molecular weight is 585 g/mol. The lowest BCUT2D eigenvalue weighted by Gasteiger charge is -2.41. The minimum absolute atomic E-state index is 0.0670. The maximum absolute atomic E-state index is 15.5. The second-order valence-electron chi connectivity index (χ2n) is 9.79. The minimum atomic E-state index is -0.751. The Bertz CT molecular complexity index is 1520. The molecule has 0 saturated carbocycles. The summed E-state index contributed by atoms with van der Waals surface area (Å²) in [7, 11) is 1.97. The lowest BCUT2D eigenvalue weighted by Crippen LogP contribution is -2.48. The fraction of sp³-hybridized carbons (Fsp3) is 0.286. The van der Waals surface area contributed by atoms with Crippen LogP contribution in [0.2, 0.25) is 0 Å². The summed E-state index contributed by atoms with van der Waals surface area (Å²) in [4.78, 5) is 28.0. The number of carbonyl (C=O) groups is 1. The number of anilines is 2. The fourth-order valence-electron chi connectivity index (χ4n) is 4.69. The van der Waals surface area contributed by atoms with Crippen molar-refractivity contribution in [2.24, 2.45) is 0 Å². The Morgan fingerprint density at radius 1 is 1.07 bits per heavy atom. The summed E-state index contributed by atoms with van der Waals surface area (Å²) < 4.78 is 44.6. The number of amides is 1. The van der Waals surface area contributed by atoms with Gasteiger partial charge < -0.3 is 15.5 Å². The Balaban J connectivity index is 1.30. The van der Waals surface area contributed by atoms with Crippen LogP contribution < -0.4 is 10.6 Å². The summed E-state index contributed by atoms with van der Waals surface area (Å²) in [6.07, 6.45) is 5.80. The molecule has 0 bridgehead atoms. The van der Waals surface area contributed by atoms with Crippen LogP contribution in [0, 0.1) is 24.4 Å². The molecule has 12 heteroatoms. The molecule has 3 aromatic heterocycles. The fourth-order valence-corrected chi connectivity index (χ4v) is 6.56. The number of halogens is 3. The van der Waals surface area contributed by atoms with Crippen LogP contribution in [0.3, 0.4) is 0 Å². The van der Waals surface area contributed by atoms with Crippen molar-refractivity contribution in [1.29, 1.82) is 0 Å². The van der Waals surface area contributed by atoms with E-state index in [4.69, 9.17) is 0 Å². The van der Waals surface area contributed by atoms with Crippen LogP contribution in [0.5, 0.6) is 0 Å². The largest absolute Gasteiger partial charge is 0.350 e. The molecule has 1 aromatic carbocycles. The highest BCUT2D eigenvalue weighted by molar-refractivity contribution is 8.01. The van der Waals surface area contributed by atoms with Crippen LogP contribution in [0.25, 0.3) is 0 Å². The molecule has 4 aromatic rings. The van der Waals surface area contributed by atoms with E-state index in [-0.39, 0.29) is 17.1 Å². The van der Waals surface area contributed by atoms with Gasteiger partial charge in [0.15, 0.2) is 16.6 Å². The van der Waals surface area contributed by atoms with Crippen molar-refractivity contribution in [3.63, 3.8) is 0 Å².